The summed E-state index contributed by atoms with van der Waals surface area (Å²) in [7, 11) is 0. The molecule has 0 N–H and O–H groups in total. The lowest BCUT2D eigenvalue weighted by Gasteiger charge is -2.58. The fourth-order valence-electron chi connectivity index (χ4n) is 12.4. The van der Waals surface area contributed by atoms with E-state index in [9.17, 15) is 4.79 Å². The maximum atomic E-state index is 13.2. The van der Waals surface area contributed by atoms with Crippen LogP contribution in [0.15, 0.2) is 66.2 Å². The zero-order valence-corrected chi connectivity index (χ0v) is 31.0. The van der Waals surface area contributed by atoms with Crippen molar-refractivity contribution in [2.75, 3.05) is 0 Å². The number of esters is 1. The van der Waals surface area contributed by atoms with Gasteiger partial charge < -0.3 is 4.74 Å². The molecule has 260 valence electrons. The molecule has 0 aliphatic heterocycles. The number of rotatable bonds is 10. The predicted octanol–water partition coefficient (Wildman–Crippen LogP) is 12.9. The second kappa shape index (κ2) is 13.0. The van der Waals surface area contributed by atoms with Gasteiger partial charge in [0, 0.05) is 12.8 Å². The first-order valence-corrected chi connectivity index (χ1v) is 20.2. The van der Waals surface area contributed by atoms with E-state index in [4.69, 9.17) is 4.74 Å². The second-order valence-electron chi connectivity index (χ2n) is 18.1. The summed E-state index contributed by atoms with van der Waals surface area (Å²) in [6, 6.07) is 20.1. The molecular formula is C47H60O2. The van der Waals surface area contributed by atoms with Crippen molar-refractivity contribution in [1.29, 1.82) is 0 Å². The Morgan fingerprint density at radius 2 is 1.57 bits per heavy atom. The molecule has 3 saturated carbocycles. The molecule has 4 aromatic carbocycles. The van der Waals surface area contributed by atoms with Gasteiger partial charge >= 0.3 is 5.97 Å². The molecule has 3 fully saturated rings. The van der Waals surface area contributed by atoms with Crippen LogP contribution in [0.5, 0.6) is 0 Å². The Morgan fingerprint density at radius 1 is 0.816 bits per heavy atom. The van der Waals surface area contributed by atoms with Gasteiger partial charge in [-0.3, -0.25) is 4.79 Å². The lowest BCUT2D eigenvalue weighted by Crippen LogP contribution is -2.51. The van der Waals surface area contributed by atoms with E-state index >= 15 is 0 Å². The largest absolute Gasteiger partial charge is 0.462 e. The highest BCUT2D eigenvalue weighted by Gasteiger charge is 2.59. The molecule has 0 heterocycles. The van der Waals surface area contributed by atoms with Crippen molar-refractivity contribution in [2.45, 2.75) is 131 Å². The van der Waals surface area contributed by atoms with Crippen LogP contribution in [0.3, 0.4) is 0 Å². The topological polar surface area (TPSA) is 26.3 Å². The zero-order chi connectivity index (χ0) is 33.9. The molecule has 2 nitrogen and oxygen atoms in total. The van der Waals surface area contributed by atoms with Crippen LogP contribution in [0.1, 0.15) is 124 Å². The van der Waals surface area contributed by atoms with E-state index in [0.717, 1.165) is 61.2 Å². The number of carbonyl (C=O) groups excluding carboxylic acids is 1. The van der Waals surface area contributed by atoms with E-state index in [1.807, 2.05) is 0 Å². The first kappa shape index (κ1) is 33.3. The summed E-state index contributed by atoms with van der Waals surface area (Å²) >= 11 is 0. The third-order valence-electron chi connectivity index (χ3n) is 15.0. The minimum atomic E-state index is -0.00598. The molecule has 2 heteroatoms. The monoisotopic (exact) mass is 656 g/mol. The van der Waals surface area contributed by atoms with Gasteiger partial charge in [0.15, 0.2) is 0 Å². The van der Waals surface area contributed by atoms with E-state index in [1.165, 1.54) is 95.7 Å². The standard InChI is InChI=1S/C47H60O2/c1-30(2)9-6-10-31(3)40-23-24-41-39-22-20-36-29-37(25-27-46(36,4)42(39)26-28-47(40,41)5)49-43(48)14-8-11-32-15-16-35-18-17-33-12-7-13-34-19-21-38(32)45(35)44(33)34/h7,12-13,15-21,30-31,37,39-42H,6,8-11,14,22-29H2,1-5H3/t31-,37?,39?,40-,41?,42?,46+,47-/m1/s1. The summed E-state index contributed by atoms with van der Waals surface area (Å²) in [5.41, 5.74) is 3.78. The molecule has 0 amide bonds. The van der Waals surface area contributed by atoms with E-state index < -0.39 is 0 Å². The second-order valence-corrected chi connectivity index (χ2v) is 18.1. The number of benzene rings is 4. The SMILES string of the molecule is CC(C)CCC[C@@H](C)[C@H]1CCC2C3CC=C4CC(OC(=O)CCCc5ccc6ccc7cccc8ccc5c6c78)CC[C@]4(C)C3CC[C@@]21C. The van der Waals surface area contributed by atoms with Gasteiger partial charge in [0.25, 0.3) is 0 Å². The Kier molecular flexibility index (Phi) is 8.85. The van der Waals surface area contributed by atoms with Crippen LogP contribution < -0.4 is 0 Å². The minimum absolute atomic E-state index is 0.00598. The number of aryl methyl sites for hydroxylation is 1. The molecule has 0 saturated heterocycles. The Labute approximate surface area is 295 Å². The number of carbonyl (C=O) groups is 1. The molecule has 0 radical (unpaired) electrons. The first-order chi connectivity index (χ1) is 23.7. The molecule has 0 spiro atoms. The van der Waals surface area contributed by atoms with Gasteiger partial charge in [-0.05, 0) is 142 Å². The van der Waals surface area contributed by atoms with Crippen LogP contribution in [0.2, 0.25) is 0 Å². The summed E-state index contributed by atoms with van der Waals surface area (Å²) < 4.78 is 6.23. The maximum Gasteiger partial charge on any atom is 0.306 e. The Bertz CT molecular complexity index is 1830. The van der Waals surface area contributed by atoms with Crippen LogP contribution >= 0.6 is 0 Å². The highest BCUT2D eigenvalue weighted by Crippen LogP contribution is 2.67. The third-order valence-corrected chi connectivity index (χ3v) is 15.0. The number of fused-ring (bicyclic) bond motifs is 5. The first-order valence-electron chi connectivity index (χ1n) is 20.2. The summed E-state index contributed by atoms with van der Waals surface area (Å²) in [5.74, 6) is 5.14. The van der Waals surface area contributed by atoms with Gasteiger partial charge in [0.1, 0.15) is 6.10 Å². The number of hydrogen-bond donors (Lipinski definition) is 0. The maximum absolute atomic E-state index is 13.2. The van der Waals surface area contributed by atoms with Crippen molar-refractivity contribution < 1.29 is 9.53 Å². The molecule has 49 heavy (non-hydrogen) atoms. The average molecular weight is 657 g/mol. The van der Waals surface area contributed by atoms with Crippen LogP contribution in [0.25, 0.3) is 32.3 Å². The van der Waals surface area contributed by atoms with Gasteiger partial charge in [-0.2, -0.15) is 0 Å². The summed E-state index contributed by atoms with van der Waals surface area (Å²) in [5, 5.41) is 7.96. The Morgan fingerprint density at radius 3 is 2.37 bits per heavy atom. The normalized spacial score (nSPS) is 31.9. The van der Waals surface area contributed by atoms with Gasteiger partial charge in [0.05, 0.1) is 0 Å². The lowest BCUT2D eigenvalue weighted by atomic mass is 9.47. The van der Waals surface area contributed by atoms with E-state index in [1.54, 1.807) is 5.57 Å². The zero-order valence-electron chi connectivity index (χ0n) is 31.0. The van der Waals surface area contributed by atoms with Gasteiger partial charge in [-0.15, -0.1) is 0 Å². The van der Waals surface area contributed by atoms with Crippen molar-refractivity contribution in [3.63, 3.8) is 0 Å². The van der Waals surface area contributed by atoms with Crippen molar-refractivity contribution in [3.05, 3.63) is 71.8 Å². The Balaban J connectivity index is 0.878. The van der Waals surface area contributed by atoms with Crippen molar-refractivity contribution in [3.8, 4) is 0 Å². The highest BCUT2D eigenvalue weighted by molar-refractivity contribution is 6.23. The third kappa shape index (κ3) is 5.82. The van der Waals surface area contributed by atoms with Gasteiger partial charge in [0.2, 0.25) is 0 Å². The van der Waals surface area contributed by atoms with Crippen molar-refractivity contribution in [2.24, 2.45) is 46.3 Å². The summed E-state index contributed by atoms with van der Waals surface area (Å²) in [6.07, 6.45) is 19.3. The lowest BCUT2D eigenvalue weighted by molar-refractivity contribution is -0.151. The molecule has 0 bridgehead atoms. The molecule has 4 unspecified atom stereocenters. The predicted molar refractivity (Wildman–Crippen MR) is 206 cm³/mol. The van der Waals surface area contributed by atoms with Crippen LogP contribution in [0.4, 0.5) is 0 Å². The molecule has 4 aliphatic carbocycles. The molecule has 0 aromatic heterocycles. The molecule has 4 aromatic rings. The van der Waals surface area contributed by atoms with Crippen molar-refractivity contribution in [1.82, 2.24) is 0 Å². The van der Waals surface area contributed by atoms with E-state index in [-0.39, 0.29) is 12.1 Å². The van der Waals surface area contributed by atoms with Crippen molar-refractivity contribution >= 4 is 38.3 Å². The number of ether oxygens (including phenoxy) is 1. The smallest absolute Gasteiger partial charge is 0.306 e. The Hall–Kier alpha value is -2.87. The molecule has 4 aliphatic rings. The molecule has 8 atom stereocenters. The summed E-state index contributed by atoms with van der Waals surface area (Å²) in [6.45, 7) is 12.6. The molecular weight excluding hydrogens is 597 g/mol. The number of hydrogen-bond acceptors (Lipinski definition) is 2. The number of allylic oxidation sites excluding steroid dienone is 1. The van der Waals surface area contributed by atoms with Crippen LogP contribution in [-0.4, -0.2) is 12.1 Å². The highest BCUT2D eigenvalue weighted by atomic mass is 16.5. The molecule has 8 rings (SSSR count). The fourth-order valence-corrected chi connectivity index (χ4v) is 12.4. The minimum Gasteiger partial charge on any atom is -0.462 e. The quantitative estimate of drug-likeness (QED) is 0.0964. The van der Waals surface area contributed by atoms with E-state index in [0.29, 0.717) is 17.3 Å². The van der Waals surface area contributed by atoms with Gasteiger partial charge in [-0.25, -0.2) is 0 Å². The van der Waals surface area contributed by atoms with E-state index in [2.05, 4.69) is 95.3 Å². The summed E-state index contributed by atoms with van der Waals surface area (Å²) in [4.78, 5) is 13.2. The van der Waals surface area contributed by atoms with Crippen LogP contribution in [-0.2, 0) is 16.0 Å². The van der Waals surface area contributed by atoms with Crippen LogP contribution in [0, 0.1) is 46.3 Å². The van der Waals surface area contributed by atoms with Gasteiger partial charge in [-0.1, -0.05) is 120 Å². The average Bonchev–Trinajstić information content (AvgIpc) is 3.45. The fraction of sp³-hybridized carbons (Fsp3) is 0.596.